The Bertz CT molecular complexity index is 745. The Morgan fingerprint density at radius 1 is 1.14 bits per heavy atom. The molecule has 0 spiro atoms. The van der Waals surface area contributed by atoms with E-state index in [0.717, 1.165) is 48.8 Å². The third-order valence-electron chi connectivity index (χ3n) is 5.34. The van der Waals surface area contributed by atoms with Crippen molar-refractivity contribution in [3.8, 4) is 0 Å². The standard InChI is InChI=1S/C23H30BrN3O/c1-26(17-19-6-3-2-4-7-19)18-20-10-13-27(14-11-20)15-12-23(28)25-22-9-5-8-21(24)16-22/h2-9,16,20H,10-15,17-18H2,1H3,(H,25,28). The zero-order chi connectivity index (χ0) is 19.8. The van der Waals surface area contributed by atoms with Gasteiger partial charge in [0.15, 0.2) is 0 Å². The average molecular weight is 444 g/mol. The molecule has 1 aliphatic rings. The second-order valence-corrected chi connectivity index (χ2v) is 8.69. The molecular weight excluding hydrogens is 414 g/mol. The summed E-state index contributed by atoms with van der Waals surface area (Å²) in [5, 5.41) is 2.98. The van der Waals surface area contributed by atoms with Crippen LogP contribution in [0.25, 0.3) is 0 Å². The zero-order valence-corrected chi connectivity index (χ0v) is 18.2. The van der Waals surface area contributed by atoms with Gasteiger partial charge in [-0.2, -0.15) is 0 Å². The Kier molecular flexibility index (Phi) is 8.07. The normalized spacial score (nSPS) is 15.7. The number of carbonyl (C=O) groups is 1. The number of rotatable bonds is 8. The Morgan fingerprint density at radius 2 is 1.89 bits per heavy atom. The minimum atomic E-state index is 0.0859. The third-order valence-corrected chi connectivity index (χ3v) is 5.83. The lowest BCUT2D eigenvalue weighted by atomic mass is 9.96. The van der Waals surface area contributed by atoms with Crippen LogP contribution in [0.1, 0.15) is 24.8 Å². The molecular formula is C23H30BrN3O. The fourth-order valence-electron chi connectivity index (χ4n) is 3.84. The van der Waals surface area contributed by atoms with Crippen LogP contribution in [0.2, 0.25) is 0 Å². The number of nitrogens with zero attached hydrogens (tertiary/aromatic N) is 2. The first-order valence-corrected chi connectivity index (χ1v) is 10.9. The first kappa shape index (κ1) is 21.0. The number of amides is 1. The maximum absolute atomic E-state index is 12.2. The number of hydrogen-bond donors (Lipinski definition) is 1. The van der Waals surface area contributed by atoms with Crippen LogP contribution in [0.3, 0.4) is 0 Å². The maximum atomic E-state index is 12.2. The molecule has 4 nitrogen and oxygen atoms in total. The van der Waals surface area contributed by atoms with Gasteiger partial charge in [-0.1, -0.05) is 52.3 Å². The van der Waals surface area contributed by atoms with Gasteiger partial charge in [0.1, 0.15) is 0 Å². The number of nitrogens with one attached hydrogen (secondary N) is 1. The largest absolute Gasteiger partial charge is 0.326 e. The van der Waals surface area contributed by atoms with Gasteiger partial charge in [-0.25, -0.2) is 0 Å². The van der Waals surface area contributed by atoms with Crippen LogP contribution >= 0.6 is 15.9 Å². The summed E-state index contributed by atoms with van der Waals surface area (Å²) >= 11 is 3.43. The highest BCUT2D eigenvalue weighted by atomic mass is 79.9. The Balaban J connectivity index is 1.33. The Hall–Kier alpha value is -1.69. The summed E-state index contributed by atoms with van der Waals surface area (Å²) in [4.78, 5) is 17.0. The highest BCUT2D eigenvalue weighted by Crippen LogP contribution is 2.20. The zero-order valence-electron chi connectivity index (χ0n) is 16.6. The van der Waals surface area contributed by atoms with Crippen molar-refractivity contribution in [3.63, 3.8) is 0 Å². The molecule has 1 amide bonds. The van der Waals surface area contributed by atoms with Crippen LogP contribution in [-0.2, 0) is 11.3 Å². The smallest absolute Gasteiger partial charge is 0.225 e. The van der Waals surface area contributed by atoms with Crippen molar-refractivity contribution >= 4 is 27.5 Å². The predicted octanol–water partition coefficient (Wildman–Crippen LogP) is 4.62. The minimum Gasteiger partial charge on any atom is -0.326 e. The molecule has 5 heteroatoms. The van der Waals surface area contributed by atoms with E-state index in [1.54, 1.807) is 0 Å². The molecule has 1 aliphatic heterocycles. The SMILES string of the molecule is CN(Cc1ccccc1)CC1CCN(CCC(=O)Nc2cccc(Br)c2)CC1. The van der Waals surface area contributed by atoms with Crippen LogP contribution in [0.4, 0.5) is 5.69 Å². The molecule has 0 aliphatic carbocycles. The van der Waals surface area contributed by atoms with E-state index in [1.807, 2.05) is 24.3 Å². The van der Waals surface area contributed by atoms with E-state index in [1.165, 1.54) is 18.4 Å². The number of benzene rings is 2. The first-order chi connectivity index (χ1) is 13.6. The summed E-state index contributed by atoms with van der Waals surface area (Å²) in [6.07, 6.45) is 2.98. The lowest BCUT2D eigenvalue weighted by Gasteiger charge is -2.33. The summed E-state index contributed by atoms with van der Waals surface area (Å²) in [7, 11) is 2.21. The molecule has 0 saturated carbocycles. The highest BCUT2D eigenvalue weighted by Gasteiger charge is 2.20. The fraction of sp³-hybridized carbons (Fsp3) is 0.435. The number of carbonyl (C=O) groups excluding carboxylic acids is 1. The summed E-state index contributed by atoms with van der Waals surface area (Å²) in [5.74, 6) is 0.836. The minimum absolute atomic E-state index is 0.0859. The first-order valence-electron chi connectivity index (χ1n) is 10.1. The molecule has 1 heterocycles. The van der Waals surface area contributed by atoms with Gasteiger partial charge in [-0.15, -0.1) is 0 Å². The van der Waals surface area contributed by atoms with Gasteiger partial charge in [0.2, 0.25) is 5.91 Å². The van der Waals surface area contributed by atoms with Gasteiger partial charge in [0.05, 0.1) is 0 Å². The fourth-order valence-corrected chi connectivity index (χ4v) is 4.24. The molecule has 1 fully saturated rings. The number of likely N-dealkylation sites (tertiary alicyclic amines) is 1. The molecule has 0 bridgehead atoms. The molecule has 150 valence electrons. The molecule has 28 heavy (non-hydrogen) atoms. The van der Waals surface area contributed by atoms with E-state index >= 15 is 0 Å². The topological polar surface area (TPSA) is 35.6 Å². The second kappa shape index (κ2) is 10.7. The highest BCUT2D eigenvalue weighted by molar-refractivity contribution is 9.10. The molecule has 0 aromatic heterocycles. The van der Waals surface area contributed by atoms with Crippen molar-refractivity contribution in [1.82, 2.24) is 9.80 Å². The van der Waals surface area contributed by atoms with Crippen molar-refractivity contribution < 1.29 is 4.79 Å². The predicted molar refractivity (Wildman–Crippen MR) is 119 cm³/mol. The number of piperidine rings is 1. The summed E-state index contributed by atoms with van der Waals surface area (Å²) in [6.45, 7) is 5.18. The van der Waals surface area contributed by atoms with Gasteiger partial charge >= 0.3 is 0 Å². The van der Waals surface area contributed by atoms with Crippen molar-refractivity contribution in [3.05, 3.63) is 64.6 Å². The lowest BCUT2D eigenvalue weighted by molar-refractivity contribution is -0.116. The molecule has 3 rings (SSSR count). The molecule has 2 aromatic rings. The number of halogens is 1. The second-order valence-electron chi connectivity index (χ2n) is 7.78. The lowest BCUT2D eigenvalue weighted by Crippen LogP contribution is -2.38. The summed E-state index contributed by atoms with van der Waals surface area (Å²) in [5.41, 5.74) is 2.22. The number of anilines is 1. The van der Waals surface area contributed by atoms with Crippen molar-refractivity contribution in [2.45, 2.75) is 25.8 Å². The average Bonchev–Trinajstić information content (AvgIpc) is 2.68. The van der Waals surface area contributed by atoms with Crippen LogP contribution in [0.15, 0.2) is 59.1 Å². The van der Waals surface area contributed by atoms with Gasteiger partial charge in [-0.3, -0.25) is 4.79 Å². The Labute approximate surface area is 177 Å². The van der Waals surface area contributed by atoms with Crippen LogP contribution in [-0.4, -0.2) is 48.9 Å². The van der Waals surface area contributed by atoms with E-state index in [-0.39, 0.29) is 5.91 Å². The monoisotopic (exact) mass is 443 g/mol. The van der Waals surface area contributed by atoms with Crippen molar-refractivity contribution in [2.24, 2.45) is 5.92 Å². The molecule has 1 N–H and O–H groups in total. The summed E-state index contributed by atoms with van der Waals surface area (Å²) < 4.78 is 0.976. The number of hydrogen-bond acceptors (Lipinski definition) is 3. The van der Waals surface area contributed by atoms with Gasteiger partial charge < -0.3 is 15.1 Å². The van der Waals surface area contributed by atoms with Crippen LogP contribution in [0, 0.1) is 5.92 Å². The maximum Gasteiger partial charge on any atom is 0.225 e. The third kappa shape index (κ3) is 7.04. The Morgan fingerprint density at radius 3 is 2.61 bits per heavy atom. The van der Waals surface area contributed by atoms with Crippen LogP contribution in [0.5, 0.6) is 0 Å². The van der Waals surface area contributed by atoms with Crippen molar-refractivity contribution in [2.75, 3.05) is 38.5 Å². The van der Waals surface area contributed by atoms with Crippen molar-refractivity contribution in [1.29, 1.82) is 0 Å². The quantitative estimate of drug-likeness (QED) is 0.646. The van der Waals surface area contributed by atoms with E-state index in [4.69, 9.17) is 0 Å². The molecule has 0 atom stereocenters. The van der Waals surface area contributed by atoms with E-state index in [9.17, 15) is 4.79 Å². The molecule has 2 aromatic carbocycles. The van der Waals surface area contributed by atoms with Crippen LogP contribution < -0.4 is 5.32 Å². The molecule has 0 unspecified atom stereocenters. The van der Waals surface area contributed by atoms with E-state index < -0.39 is 0 Å². The van der Waals surface area contributed by atoms with Gasteiger partial charge in [0.25, 0.3) is 0 Å². The summed E-state index contributed by atoms with van der Waals surface area (Å²) in [6, 6.07) is 18.4. The van der Waals surface area contributed by atoms with E-state index in [0.29, 0.717) is 6.42 Å². The van der Waals surface area contributed by atoms with Gasteiger partial charge in [0, 0.05) is 36.2 Å². The van der Waals surface area contributed by atoms with Gasteiger partial charge in [-0.05, 0) is 62.7 Å². The van der Waals surface area contributed by atoms with E-state index in [2.05, 4.69) is 68.4 Å². The molecule has 0 radical (unpaired) electrons. The molecule has 1 saturated heterocycles.